The Kier molecular flexibility index (Phi) is 4.60. The number of nitrogens with one attached hydrogen (secondary N) is 1. The molecule has 0 atom stereocenters. The highest BCUT2D eigenvalue weighted by atomic mass is 16.5. The average Bonchev–Trinajstić information content (AvgIpc) is 3.33. The van der Waals surface area contributed by atoms with Crippen LogP contribution in [-0.4, -0.2) is 26.9 Å². The molecule has 2 heterocycles. The molecule has 2 aromatic heterocycles. The number of amides is 2. The minimum Gasteiger partial charge on any atom is -0.366 e. The lowest BCUT2D eigenvalue weighted by Crippen LogP contribution is -2.23. The first kappa shape index (κ1) is 17.8. The predicted molar refractivity (Wildman–Crippen MR) is 100 cm³/mol. The summed E-state index contributed by atoms with van der Waals surface area (Å²) in [4.78, 5) is 33.2. The molecule has 0 unspecified atom stereocenters. The molecule has 0 saturated carbocycles. The third kappa shape index (κ3) is 3.48. The van der Waals surface area contributed by atoms with Crippen LogP contribution in [0.15, 0.2) is 34.9 Å². The molecule has 1 aromatic carbocycles. The standard InChI is InChI=1S/C20H19N5O3/c1-11-23-17(25-28-11)10-22-20(27)14-6-2-5-13(8-14)18-15(19(21)26)9-12-4-3-7-16(12)24-18/h2,5-6,8-9H,3-4,7,10H2,1H3,(H2,21,26)(H,22,27). The van der Waals surface area contributed by atoms with E-state index in [0.717, 1.165) is 30.5 Å². The lowest BCUT2D eigenvalue weighted by atomic mass is 10.0. The number of pyridine rings is 1. The van der Waals surface area contributed by atoms with Gasteiger partial charge in [-0.3, -0.25) is 14.6 Å². The van der Waals surface area contributed by atoms with Crippen molar-refractivity contribution < 1.29 is 14.1 Å². The maximum atomic E-state index is 12.5. The Morgan fingerprint density at radius 1 is 1.21 bits per heavy atom. The summed E-state index contributed by atoms with van der Waals surface area (Å²) >= 11 is 0. The van der Waals surface area contributed by atoms with Crippen LogP contribution >= 0.6 is 0 Å². The van der Waals surface area contributed by atoms with Gasteiger partial charge in [-0.2, -0.15) is 4.98 Å². The van der Waals surface area contributed by atoms with Crippen molar-refractivity contribution in [3.63, 3.8) is 0 Å². The highest BCUT2D eigenvalue weighted by Crippen LogP contribution is 2.29. The van der Waals surface area contributed by atoms with Gasteiger partial charge in [0, 0.05) is 23.7 Å². The van der Waals surface area contributed by atoms with Crippen molar-refractivity contribution in [1.29, 1.82) is 0 Å². The predicted octanol–water partition coefficient (Wildman–Crippen LogP) is 1.96. The molecule has 3 N–H and O–H groups in total. The number of carbonyl (C=O) groups excluding carboxylic acids is 2. The topological polar surface area (TPSA) is 124 Å². The Balaban J connectivity index is 1.62. The Bertz CT molecular complexity index is 1070. The molecule has 2 amide bonds. The average molecular weight is 377 g/mol. The van der Waals surface area contributed by atoms with Crippen LogP contribution in [0.25, 0.3) is 11.3 Å². The summed E-state index contributed by atoms with van der Waals surface area (Å²) in [6, 6.07) is 8.79. The van der Waals surface area contributed by atoms with Gasteiger partial charge in [0.15, 0.2) is 5.82 Å². The molecule has 0 radical (unpaired) electrons. The smallest absolute Gasteiger partial charge is 0.251 e. The van der Waals surface area contributed by atoms with E-state index >= 15 is 0 Å². The van der Waals surface area contributed by atoms with Crippen molar-refractivity contribution in [2.75, 3.05) is 0 Å². The maximum Gasteiger partial charge on any atom is 0.251 e. The summed E-state index contributed by atoms with van der Waals surface area (Å²) in [5.41, 5.74) is 9.64. The van der Waals surface area contributed by atoms with Gasteiger partial charge in [0.1, 0.15) is 0 Å². The molecule has 28 heavy (non-hydrogen) atoms. The summed E-state index contributed by atoms with van der Waals surface area (Å²) in [7, 11) is 0. The number of hydrogen-bond acceptors (Lipinski definition) is 6. The first-order chi connectivity index (χ1) is 13.5. The summed E-state index contributed by atoms with van der Waals surface area (Å²) in [6.45, 7) is 1.84. The van der Waals surface area contributed by atoms with Crippen LogP contribution in [0.5, 0.6) is 0 Å². The van der Waals surface area contributed by atoms with Crippen LogP contribution in [0.2, 0.25) is 0 Å². The van der Waals surface area contributed by atoms with Crippen molar-refractivity contribution in [3.8, 4) is 11.3 Å². The van der Waals surface area contributed by atoms with Gasteiger partial charge in [0.25, 0.3) is 11.8 Å². The van der Waals surface area contributed by atoms with Crippen molar-refractivity contribution in [3.05, 3.63) is 64.4 Å². The normalized spacial score (nSPS) is 12.6. The molecule has 8 heteroatoms. The number of nitrogens with two attached hydrogens (primary N) is 1. The zero-order valence-corrected chi connectivity index (χ0v) is 15.4. The number of benzene rings is 1. The number of primary amides is 1. The van der Waals surface area contributed by atoms with Gasteiger partial charge in [-0.15, -0.1) is 0 Å². The molecule has 0 fully saturated rings. The van der Waals surface area contributed by atoms with Crippen molar-refractivity contribution in [2.24, 2.45) is 5.73 Å². The van der Waals surface area contributed by atoms with E-state index < -0.39 is 5.91 Å². The van der Waals surface area contributed by atoms with Crippen LogP contribution in [0.4, 0.5) is 0 Å². The largest absolute Gasteiger partial charge is 0.366 e. The first-order valence-corrected chi connectivity index (χ1v) is 9.01. The lowest BCUT2D eigenvalue weighted by molar-refractivity contribution is 0.0948. The lowest BCUT2D eigenvalue weighted by Gasteiger charge is -2.11. The van der Waals surface area contributed by atoms with Crippen LogP contribution in [0.1, 0.15) is 50.1 Å². The minimum absolute atomic E-state index is 0.157. The number of nitrogens with zero attached hydrogens (tertiary/aromatic N) is 3. The van der Waals surface area contributed by atoms with Crippen molar-refractivity contribution in [1.82, 2.24) is 20.4 Å². The fourth-order valence-corrected chi connectivity index (χ4v) is 3.36. The number of carbonyl (C=O) groups is 2. The SMILES string of the molecule is Cc1nc(CNC(=O)c2cccc(-c3nc4c(cc3C(N)=O)CCC4)c2)no1. The molecule has 1 aliphatic carbocycles. The van der Waals surface area contributed by atoms with E-state index in [9.17, 15) is 9.59 Å². The number of hydrogen-bond donors (Lipinski definition) is 2. The summed E-state index contributed by atoms with van der Waals surface area (Å²) in [6.07, 6.45) is 2.80. The number of aromatic nitrogens is 3. The summed E-state index contributed by atoms with van der Waals surface area (Å²) in [5.74, 6) is 0.0249. The van der Waals surface area contributed by atoms with Crippen LogP contribution < -0.4 is 11.1 Å². The van der Waals surface area contributed by atoms with Gasteiger partial charge < -0.3 is 15.6 Å². The summed E-state index contributed by atoms with van der Waals surface area (Å²) < 4.78 is 4.89. The van der Waals surface area contributed by atoms with E-state index in [1.165, 1.54) is 0 Å². The second-order valence-corrected chi connectivity index (χ2v) is 6.70. The highest BCUT2D eigenvalue weighted by Gasteiger charge is 2.20. The number of fused-ring (bicyclic) bond motifs is 1. The third-order valence-electron chi connectivity index (χ3n) is 4.69. The zero-order chi connectivity index (χ0) is 19.7. The third-order valence-corrected chi connectivity index (χ3v) is 4.69. The monoisotopic (exact) mass is 377 g/mol. The minimum atomic E-state index is -0.528. The van der Waals surface area contributed by atoms with Gasteiger partial charge in [0.2, 0.25) is 5.89 Å². The van der Waals surface area contributed by atoms with Crippen molar-refractivity contribution in [2.45, 2.75) is 32.7 Å². The molecule has 0 aliphatic heterocycles. The van der Waals surface area contributed by atoms with E-state index in [1.54, 1.807) is 25.1 Å². The molecule has 4 rings (SSSR count). The van der Waals surface area contributed by atoms with Gasteiger partial charge in [0.05, 0.1) is 17.8 Å². The van der Waals surface area contributed by atoms with E-state index in [4.69, 9.17) is 10.3 Å². The number of aryl methyl sites for hydroxylation is 3. The molecular weight excluding hydrogens is 358 g/mol. The first-order valence-electron chi connectivity index (χ1n) is 9.01. The fourth-order valence-electron chi connectivity index (χ4n) is 3.36. The summed E-state index contributed by atoms with van der Waals surface area (Å²) in [5, 5.41) is 6.50. The molecule has 0 bridgehead atoms. The fraction of sp³-hybridized carbons (Fsp3) is 0.250. The van der Waals surface area contributed by atoms with Gasteiger partial charge >= 0.3 is 0 Å². The number of rotatable bonds is 5. The molecular formula is C20H19N5O3. The molecule has 0 spiro atoms. The molecule has 142 valence electrons. The Morgan fingerprint density at radius 2 is 2.07 bits per heavy atom. The van der Waals surface area contributed by atoms with Gasteiger partial charge in [-0.1, -0.05) is 17.3 Å². The van der Waals surface area contributed by atoms with Crippen molar-refractivity contribution >= 4 is 11.8 Å². The van der Waals surface area contributed by atoms with Gasteiger partial charge in [-0.05, 0) is 43.0 Å². The second kappa shape index (κ2) is 7.22. The van der Waals surface area contributed by atoms with E-state index in [0.29, 0.717) is 34.1 Å². The van der Waals surface area contributed by atoms with Crippen LogP contribution in [-0.2, 0) is 19.4 Å². The molecule has 0 saturated heterocycles. The molecule has 1 aliphatic rings. The Labute approximate surface area is 161 Å². The van der Waals surface area contributed by atoms with E-state index in [-0.39, 0.29) is 12.5 Å². The Hall–Kier alpha value is -3.55. The van der Waals surface area contributed by atoms with Crippen LogP contribution in [0, 0.1) is 6.92 Å². The zero-order valence-electron chi connectivity index (χ0n) is 15.4. The Morgan fingerprint density at radius 3 is 2.82 bits per heavy atom. The molecule has 8 nitrogen and oxygen atoms in total. The maximum absolute atomic E-state index is 12.5. The van der Waals surface area contributed by atoms with Crippen LogP contribution in [0.3, 0.4) is 0 Å². The van der Waals surface area contributed by atoms with Gasteiger partial charge in [-0.25, -0.2) is 0 Å². The quantitative estimate of drug-likeness (QED) is 0.700. The van der Waals surface area contributed by atoms with E-state index in [2.05, 4.69) is 20.4 Å². The molecule has 3 aromatic rings. The van der Waals surface area contributed by atoms with E-state index in [1.807, 2.05) is 12.1 Å². The highest BCUT2D eigenvalue weighted by molar-refractivity contribution is 6.00. The second-order valence-electron chi connectivity index (χ2n) is 6.70.